The van der Waals surface area contributed by atoms with Crippen LogP contribution >= 0.6 is 11.3 Å². The van der Waals surface area contributed by atoms with Gasteiger partial charge in [0.2, 0.25) is 0 Å². The zero-order valence-corrected chi connectivity index (χ0v) is 20.5. The van der Waals surface area contributed by atoms with Gasteiger partial charge in [0.1, 0.15) is 0 Å². The molecule has 166 valence electrons. The van der Waals surface area contributed by atoms with E-state index in [9.17, 15) is 0 Å². The number of nitrogens with zero attached hydrogens (tertiary/aromatic N) is 1. The lowest BCUT2D eigenvalue weighted by atomic mass is 9.82. The van der Waals surface area contributed by atoms with Crippen molar-refractivity contribution < 1.29 is 0 Å². The Kier molecular flexibility index (Phi) is 3.67. The molecular weight excluding hydrogens is 442 g/mol. The Balaban J connectivity index is 1.65. The minimum atomic E-state index is -0.0109. The van der Waals surface area contributed by atoms with E-state index in [1.807, 2.05) is 11.3 Å². The van der Waals surface area contributed by atoms with Gasteiger partial charge >= 0.3 is 0 Å². The summed E-state index contributed by atoms with van der Waals surface area (Å²) in [6.45, 7) is 4.73. The van der Waals surface area contributed by atoms with Gasteiger partial charge in [0.05, 0.1) is 15.7 Å². The standard InChI is InChI=1S/C33H23NS/c1-33(2)25-14-8-6-13-23(25)29-26(33)18-19-27-30(29)24-17-16-22-21-12-7-9-15-28(21)35-32(22)31(24)34(27)20-10-4-3-5-11-20/h3-19H,1-2H3. The van der Waals surface area contributed by atoms with Crippen LogP contribution < -0.4 is 0 Å². The second-order valence-electron chi connectivity index (χ2n) is 10.2. The zero-order valence-electron chi connectivity index (χ0n) is 19.7. The summed E-state index contributed by atoms with van der Waals surface area (Å²) in [5.41, 5.74) is 9.43. The Morgan fingerprint density at radius 3 is 2.26 bits per heavy atom. The normalized spacial score (nSPS) is 14.2. The van der Waals surface area contributed by atoms with E-state index in [1.54, 1.807) is 0 Å². The number of para-hydroxylation sites is 1. The summed E-state index contributed by atoms with van der Waals surface area (Å²) in [6, 6.07) is 38.1. The van der Waals surface area contributed by atoms with Crippen molar-refractivity contribution in [2.75, 3.05) is 0 Å². The average Bonchev–Trinajstić information content (AvgIpc) is 3.51. The van der Waals surface area contributed by atoms with Gasteiger partial charge in [-0.05, 0) is 46.5 Å². The molecule has 0 saturated carbocycles. The van der Waals surface area contributed by atoms with Crippen molar-refractivity contribution in [2.24, 2.45) is 0 Å². The number of hydrogen-bond acceptors (Lipinski definition) is 1. The molecule has 35 heavy (non-hydrogen) atoms. The fourth-order valence-corrected chi connectivity index (χ4v) is 7.65. The predicted octanol–water partition coefficient (Wildman–Crippen LogP) is 9.46. The van der Waals surface area contributed by atoms with E-state index < -0.39 is 0 Å². The van der Waals surface area contributed by atoms with Crippen molar-refractivity contribution in [1.29, 1.82) is 0 Å². The number of benzene rings is 5. The smallest absolute Gasteiger partial charge is 0.0719 e. The monoisotopic (exact) mass is 465 g/mol. The average molecular weight is 466 g/mol. The van der Waals surface area contributed by atoms with Gasteiger partial charge in [-0.1, -0.05) is 92.7 Å². The Morgan fingerprint density at radius 2 is 1.37 bits per heavy atom. The quantitative estimate of drug-likeness (QED) is 0.227. The van der Waals surface area contributed by atoms with Crippen LogP contribution in [0, 0.1) is 0 Å². The number of thiophene rings is 1. The number of hydrogen-bond donors (Lipinski definition) is 0. The van der Waals surface area contributed by atoms with Crippen molar-refractivity contribution in [1.82, 2.24) is 4.57 Å². The summed E-state index contributed by atoms with van der Waals surface area (Å²) in [4.78, 5) is 0. The van der Waals surface area contributed by atoms with Crippen molar-refractivity contribution in [3.8, 4) is 16.8 Å². The first kappa shape index (κ1) is 19.4. The van der Waals surface area contributed by atoms with Gasteiger partial charge in [0, 0.05) is 37.3 Å². The Labute approximate surface area is 207 Å². The number of rotatable bonds is 1. The molecule has 2 heterocycles. The third-order valence-electron chi connectivity index (χ3n) is 8.00. The molecule has 7 aromatic rings. The van der Waals surface area contributed by atoms with Crippen molar-refractivity contribution in [3.05, 3.63) is 114 Å². The van der Waals surface area contributed by atoms with Gasteiger partial charge in [-0.2, -0.15) is 0 Å². The molecule has 0 saturated heterocycles. The van der Waals surface area contributed by atoms with Crippen LogP contribution in [0.1, 0.15) is 25.0 Å². The van der Waals surface area contributed by atoms with Crippen LogP contribution in [0.2, 0.25) is 0 Å². The SMILES string of the molecule is CC1(C)c2ccccc2-c2c1ccc1c2c2ccc3c4ccccc4sc3c2n1-c1ccccc1. The van der Waals surface area contributed by atoms with Crippen LogP contribution in [0.3, 0.4) is 0 Å². The molecule has 0 spiro atoms. The zero-order chi connectivity index (χ0) is 23.3. The third-order valence-corrected chi connectivity index (χ3v) is 9.19. The van der Waals surface area contributed by atoms with Gasteiger partial charge in [-0.25, -0.2) is 0 Å². The molecule has 0 unspecified atom stereocenters. The minimum absolute atomic E-state index is 0.0109. The predicted molar refractivity (Wildman–Crippen MR) is 151 cm³/mol. The van der Waals surface area contributed by atoms with Crippen LogP contribution in [-0.4, -0.2) is 4.57 Å². The lowest BCUT2D eigenvalue weighted by Gasteiger charge is -2.21. The molecule has 0 aliphatic heterocycles. The molecule has 0 fully saturated rings. The van der Waals surface area contributed by atoms with Gasteiger partial charge in [-0.15, -0.1) is 11.3 Å². The van der Waals surface area contributed by atoms with Crippen LogP contribution in [0.5, 0.6) is 0 Å². The molecule has 0 radical (unpaired) electrons. The molecule has 2 heteroatoms. The second-order valence-corrected chi connectivity index (χ2v) is 11.2. The molecule has 0 amide bonds. The van der Waals surface area contributed by atoms with E-state index in [2.05, 4.69) is 122 Å². The van der Waals surface area contributed by atoms with E-state index in [0.717, 1.165) is 0 Å². The summed E-state index contributed by atoms with van der Waals surface area (Å²) in [5.74, 6) is 0. The molecule has 2 aromatic heterocycles. The van der Waals surface area contributed by atoms with E-state index >= 15 is 0 Å². The summed E-state index contributed by atoms with van der Waals surface area (Å²) >= 11 is 1.91. The molecule has 1 aliphatic carbocycles. The highest BCUT2D eigenvalue weighted by Crippen LogP contribution is 2.54. The molecule has 1 aliphatic rings. The van der Waals surface area contributed by atoms with Crippen LogP contribution in [-0.2, 0) is 5.41 Å². The molecule has 1 nitrogen and oxygen atoms in total. The molecule has 5 aromatic carbocycles. The van der Waals surface area contributed by atoms with Crippen molar-refractivity contribution >= 4 is 53.3 Å². The second kappa shape index (κ2) is 6.62. The van der Waals surface area contributed by atoms with Gasteiger partial charge < -0.3 is 4.57 Å². The fraction of sp³-hybridized carbons (Fsp3) is 0.0909. The molecular formula is C33H23NS. The van der Waals surface area contributed by atoms with Crippen LogP contribution in [0.4, 0.5) is 0 Å². The minimum Gasteiger partial charge on any atom is -0.308 e. The summed E-state index contributed by atoms with van der Waals surface area (Å²) < 4.78 is 5.20. The van der Waals surface area contributed by atoms with E-state index in [0.29, 0.717) is 0 Å². The maximum Gasteiger partial charge on any atom is 0.0719 e. The van der Waals surface area contributed by atoms with E-state index in [4.69, 9.17) is 0 Å². The highest BCUT2D eigenvalue weighted by Gasteiger charge is 2.37. The Bertz CT molecular complexity index is 1970. The number of fused-ring (bicyclic) bond motifs is 11. The highest BCUT2D eigenvalue weighted by atomic mass is 32.1. The first-order chi connectivity index (χ1) is 17.1. The van der Waals surface area contributed by atoms with Crippen LogP contribution in [0.25, 0.3) is 58.8 Å². The number of aromatic nitrogens is 1. The lowest BCUT2D eigenvalue weighted by Crippen LogP contribution is -2.14. The molecule has 0 atom stereocenters. The maximum atomic E-state index is 2.50. The summed E-state index contributed by atoms with van der Waals surface area (Å²) in [5, 5.41) is 5.40. The molecule has 8 rings (SSSR count). The fourth-order valence-electron chi connectivity index (χ4n) is 6.41. The van der Waals surface area contributed by atoms with Gasteiger partial charge in [0.15, 0.2) is 0 Å². The van der Waals surface area contributed by atoms with Crippen LogP contribution in [0.15, 0.2) is 103 Å². The molecule has 0 N–H and O–H groups in total. The van der Waals surface area contributed by atoms with E-state index in [-0.39, 0.29) is 5.41 Å². The Morgan fingerprint density at radius 1 is 0.629 bits per heavy atom. The molecule has 0 bridgehead atoms. The third kappa shape index (κ3) is 2.38. The first-order valence-corrected chi connectivity index (χ1v) is 13.0. The highest BCUT2D eigenvalue weighted by molar-refractivity contribution is 7.26. The van der Waals surface area contributed by atoms with E-state index in [1.165, 1.54) is 69.9 Å². The topological polar surface area (TPSA) is 4.93 Å². The first-order valence-electron chi connectivity index (χ1n) is 12.2. The lowest BCUT2D eigenvalue weighted by molar-refractivity contribution is 0.661. The summed E-state index contributed by atoms with van der Waals surface area (Å²) in [6.07, 6.45) is 0. The van der Waals surface area contributed by atoms with Gasteiger partial charge in [0.25, 0.3) is 0 Å². The van der Waals surface area contributed by atoms with Crippen molar-refractivity contribution in [3.63, 3.8) is 0 Å². The Hall–Kier alpha value is -3.88. The maximum absolute atomic E-state index is 2.50. The summed E-state index contributed by atoms with van der Waals surface area (Å²) in [7, 11) is 0. The largest absolute Gasteiger partial charge is 0.308 e. The van der Waals surface area contributed by atoms with Crippen molar-refractivity contribution in [2.45, 2.75) is 19.3 Å². The van der Waals surface area contributed by atoms with Gasteiger partial charge in [-0.3, -0.25) is 0 Å².